The normalized spacial score (nSPS) is 11.5. The van der Waals surface area contributed by atoms with Crippen LogP contribution in [0, 0.1) is 0 Å². The minimum absolute atomic E-state index is 0.126. The lowest BCUT2D eigenvalue weighted by Gasteiger charge is -2.10. The maximum Gasteiger partial charge on any atom is 0.573 e. The van der Waals surface area contributed by atoms with Crippen LogP contribution in [0.4, 0.5) is 24.5 Å². The Hall–Kier alpha value is -3.46. The Labute approximate surface area is 180 Å². The SMILES string of the molecule is O=C(CSc1ccc(N=Cc2ccccc2O)cc1)Nc1ccc(OC(F)(F)F)cc1. The number of alkyl halides is 3. The Morgan fingerprint density at radius 3 is 2.35 bits per heavy atom. The third kappa shape index (κ3) is 7.38. The van der Waals surface area contributed by atoms with Gasteiger partial charge in [0, 0.05) is 22.4 Å². The van der Waals surface area contributed by atoms with Gasteiger partial charge >= 0.3 is 6.36 Å². The molecular formula is C22H17F3N2O3S. The summed E-state index contributed by atoms with van der Waals surface area (Å²) in [5.41, 5.74) is 1.67. The Kier molecular flexibility index (Phi) is 7.19. The molecule has 0 bridgehead atoms. The Morgan fingerprint density at radius 1 is 1.03 bits per heavy atom. The average molecular weight is 446 g/mol. The van der Waals surface area contributed by atoms with Gasteiger partial charge in [0.25, 0.3) is 0 Å². The van der Waals surface area contributed by atoms with Crippen LogP contribution in [-0.4, -0.2) is 29.3 Å². The summed E-state index contributed by atoms with van der Waals surface area (Å²) in [6.45, 7) is 0. The van der Waals surface area contributed by atoms with Gasteiger partial charge in [0.15, 0.2) is 0 Å². The second kappa shape index (κ2) is 10.0. The first kappa shape index (κ1) is 22.2. The van der Waals surface area contributed by atoms with Crippen molar-refractivity contribution in [3.8, 4) is 11.5 Å². The van der Waals surface area contributed by atoms with Crippen LogP contribution in [0.15, 0.2) is 82.7 Å². The number of halogens is 3. The van der Waals surface area contributed by atoms with Crippen LogP contribution in [-0.2, 0) is 4.79 Å². The molecule has 0 saturated carbocycles. The van der Waals surface area contributed by atoms with Crippen molar-refractivity contribution in [2.45, 2.75) is 11.3 Å². The minimum Gasteiger partial charge on any atom is -0.507 e. The fraction of sp³-hybridized carbons (Fsp3) is 0.0909. The van der Waals surface area contributed by atoms with Gasteiger partial charge in [-0.25, -0.2) is 0 Å². The molecule has 2 N–H and O–H groups in total. The number of aromatic hydroxyl groups is 1. The average Bonchev–Trinajstić information content (AvgIpc) is 2.73. The molecule has 0 radical (unpaired) electrons. The monoisotopic (exact) mass is 446 g/mol. The summed E-state index contributed by atoms with van der Waals surface area (Å²) in [6.07, 6.45) is -3.19. The summed E-state index contributed by atoms with van der Waals surface area (Å²) < 4.78 is 40.3. The highest BCUT2D eigenvalue weighted by Gasteiger charge is 2.30. The Balaban J connectivity index is 1.48. The van der Waals surface area contributed by atoms with Crippen LogP contribution >= 0.6 is 11.8 Å². The number of aliphatic imine (C=N–C) groups is 1. The van der Waals surface area contributed by atoms with Crippen LogP contribution in [0.25, 0.3) is 0 Å². The quantitative estimate of drug-likeness (QED) is 0.357. The van der Waals surface area contributed by atoms with E-state index in [9.17, 15) is 23.1 Å². The van der Waals surface area contributed by atoms with Crippen LogP contribution in [0.3, 0.4) is 0 Å². The molecular weight excluding hydrogens is 429 g/mol. The van der Waals surface area contributed by atoms with Crippen LogP contribution in [0.5, 0.6) is 11.5 Å². The molecule has 0 aromatic heterocycles. The highest BCUT2D eigenvalue weighted by atomic mass is 32.2. The van der Waals surface area contributed by atoms with Crippen molar-refractivity contribution in [2.75, 3.05) is 11.1 Å². The van der Waals surface area contributed by atoms with E-state index in [0.717, 1.165) is 17.0 Å². The maximum atomic E-state index is 12.2. The fourth-order valence-electron chi connectivity index (χ4n) is 2.46. The number of carbonyl (C=O) groups excluding carboxylic acids is 1. The first-order valence-corrected chi connectivity index (χ1v) is 9.98. The molecule has 0 aliphatic carbocycles. The van der Waals surface area contributed by atoms with E-state index in [4.69, 9.17) is 0 Å². The van der Waals surface area contributed by atoms with Crippen molar-refractivity contribution < 1.29 is 27.8 Å². The third-order valence-electron chi connectivity index (χ3n) is 3.87. The molecule has 0 atom stereocenters. The third-order valence-corrected chi connectivity index (χ3v) is 4.88. The number of para-hydroxylation sites is 1. The lowest BCUT2D eigenvalue weighted by molar-refractivity contribution is -0.274. The lowest BCUT2D eigenvalue weighted by atomic mass is 10.2. The summed E-state index contributed by atoms with van der Waals surface area (Å²) in [6, 6.07) is 19.0. The van der Waals surface area contributed by atoms with Gasteiger partial charge < -0.3 is 15.2 Å². The Bertz CT molecular complexity index is 1050. The van der Waals surface area contributed by atoms with Crippen molar-refractivity contribution in [3.63, 3.8) is 0 Å². The molecule has 0 spiro atoms. The number of benzene rings is 3. The number of nitrogens with one attached hydrogen (secondary N) is 1. The molecule has 9 heteroatoms. The van der Waals surface area contributed by atoms with E-state index in [2.05, 4.69) is 15.0 Å². The second-order valence-corrected chi connectivity index (χ2v) is 7.27. The number of ether oxygens (including phenoxy) is 1. The van der Waals surface area contributed by atoms with Gasteiger partial charge in [-0.15, -0.1) is 24.9 Å². The lowest BCUT2D eigenvalue weighted by Crippen LogP contribution is -2.17. The van der Waals surface area contributed by atoms with Crippen LogP contribution in [0.1, 0.15) is 5.56 Å². The molecule has 5 nitrogen and oxygen atoms in total. The zero-order valence-corrected chi connectivity index (χ0v) is 16.8. The molecule has 1 amide bonds. The first-order chi connectivity index (χ1) is 14.8. The predicted octanol–water partition coefficient (Wildman–Crippen LogP) is 5.77. The first-order valence-electron chi connectivity index (χ1n) is 8.99. The molecule has 0 saturated heterocycles. The molecule has 0 heterocycles. The minimum atomic E-state index is -4.76. The van der Waals surface area contributed by atoms with Crippen LogP contribution < -0.4 is 10.1 Å². The van der Waals surface area contributed by atoms with E-state index in [1.54, 1.807) is 42.6 Å². The van der Waals surface area contributed by atoms with Gasteiger partial charge in [-0.3, -0.25) is 9.79 Å². The topological polar surface area (TPSA) is 70.9 Å². The second-order valence-electron chi connectivity index (χ2n) is 6.22. The van der Waals surface area contributed by atoms with Crippen molar-refractivity contribution in [1.29, 1.82) is 0 Å². The standard InChI is InChI=1S/C22H17F3N2O3S/c23-22(24,25)30-18-9-5-17(6-10-18)27-21(29)14-31-19-11-7-16(8-12-19)26-13-15-3-1-2-4-20(15)28/h1-13,28H,14H2,(H,27,29). The zero-order chi connectivity index (χ0) is 22.3. The number of phenols is 1. The summed E-state index contributed by atoms with van der Waals surface area (Å²) in [5, 5.41) is 12.3. The molecule has 0 unspecified atom stereocenters. The van der Waals surface area contributed by atoms with E-state index < -0.39 is 6.36 Å². The number of hydrogen-bond donors (Lipinski definition) is 2. The van der Waals surface area contributed by atoms with E-state index >= 15 is 0 Å². The highest BCUT2D eigenvalue weighted by molar-refractivity contribution is 8.00. The van der Waals surface area contributed by atoms with Crippen LogP contribution in [0.2, 0.25) is 0 Å². The summed E-state index contributed by atoms with van der Waals surface area (Å²) in [4.78, 5) is 17.2. The number of phenolic OH excluding ortho intramolecular Hbond substituents is 1. The van der Waals surface area contributed by atoms with Gasteiger partial charge in [0.2, 0.25) is 5.91 Å². The van der Waals surface area contributed by atoms with Crippen molar-refractivity contribution >= 4 is 35.3 Å². The number of thioether (sulfide) groups is 1. The molecule has 3 rings (SSSR count). The molecule has 3 aromatic rings. The summed E-state index contributed by atoms with van der Waals surface area (Å²) >= 11 is 1.31. The number of rotatable bonds is 7. The van der Waals surface area contributed by atoms with Gasteiger partial charge in [0.1, 0.15) is 11.5 Å². The number of amides is 1. The van der Waals surface area contributed by atoms with Gasteiger partial charge in [-0.2, -0.15) is 0 Å². The molecule has 3 aromatic carbocycles. The number of nitrogens with zero attached hydrogens (tertiary/aromatic N) is 1. The van der Waals surface area contributed by atoms with Gasteiger partial charge in [-0.05, 0) is 60.7 Å². The number of hydrogen-bond acceptors (Lipinski definition) is 5. The van der Waals surface area contributed by atoms with Crippen molar-refractivity contribution in [1.82, 2.24) is 0 Å². The number of anilines is 1. The van der Waals surface area contributed by atoms with Gasteiger partial charge in [0.05, 0.1) is 11.4 Å². The van der Waals surface area contributed by atoms with E-state index in [1.807, 2.05) is 12.1 Å². The Morgan fingerprint density at radius 2 is 1.71 bits per heavy atom. The summed E-state index contributed by atoms with van der Waals surface area (Å²) in [7, 11) is 0. The largest absolute Gasteiger partial charge is 0.573 e. The molecule has 0 aliphatic heterocycles. The van der Waals surface area contributed by atoms with E-state index in [0.29, 0.717) is 16.9 Å². The smallest absolute Gasteiger partial charge is 0.507 e. The van der Waals surface area contributed by atoms with E-state index in [-0.39, 0.29) is 23.2 Å². The molecule has 160 valence electrons. The number of carbonyl (C=O) groups is 1. The van der Waals surface area contributed by atoms with Gasteiger partial charge in [-0.1, -0.05) is 12.1 Å². The highest BCUT2D eigenvalue weighted by Crippen LogP contribution is 2.25. The van der Waals surface area contributed by atoms with Crippen molar-refractivity contribution in [2.24, 2.45) is 4.99 Å². The van der Waals surface area contributed by atoms with Crippen molar-refractivity contribution in [3.05, 3.63) is 78.4 Å². The molecule has 0 aliphatic rings. The summed E-state index contributed by atoms with van der Waals surface area (Å²) in [5.74, 6) is -0.380. The van der Waals surface area contributed by atoms with E-state index in [1.165, 1.54) is 23.9 Å². The molecule has 0 fully saturated rings. The maximum absolute atomic E-state index is 12.2. The predicted molar refractivity (Wildman–Crippen MR) is 114 cm³/mol. The molecule has 31 heavy (non-hydrogen) atoms. The zero-order valence-electron chi connectivity index (χ0n) is 16.0. The fourth-order valence-corrected chi connectivity index (χ4v) is 3.15.